The molecule has 0 atom stereocenters. The Bertz CT molecular complexity index is 1790. The second kappa shape index (κ2) is 7.96. The molecule has 0 amide bonds. The normalized spacial score (nSPS) is 11.4. The summed E-state index contributed by atoms with van der Waals surface area (Å²) in [4.78, 5) is 7.87. The van der Waals surface area contributed by atoms with Crippen LogP contribution < -0.4 is 0 Å². The molecule has 0 bridgehead atoms. The van der Waals surface area contributed by atoms with Crippen LogP contribution in [0.2, 0.25) is 0 Å². The molecule has 2 nitrogen and oxygen atoms in total. The average Bonchev–Trinajstić information content (AvgIpc) is 3.46. The van der Waals surface area contributed by atoms with Crippen LogP contribution >= 0.6 is 0 Å². The zero-order valence-corrected chi connectivity index (χ0v) is 19.1. The predicted molar refractivity (Wildman–Crippen MR) is 147 cm³/mol. The van der Waals surface area contributed by atoms with Gasteiger partial charge in [-0.15, -0.1) is 0 Å². The summed E-state index contributed by atoms with van der Waals surface area (Å²) in [6, 6.07) is 41.5. The Morgan fingerprint density at radius 2 is 1.06 bits per heavy atom. The Hall–Kier alpha value is -4.69. The molecule has 1 aromatic heterocycles. The van der Waals surface area contributed by atoms with E-state index in [1.54, 1.807) is 0 Å². The molecule has 1 heterocycles. The molecule has 0 aliphatic rings. The second-order valence-electron chi connectivity index (χ2n) is 8.89. The lowest BCUT2D eigenvalue weighted by molar-refractivity contribution is 1.31. The van der Waals surface area contributed by atoms with Crippen molar-refractivity contribution in [1.29, 1.82) is 0 Å². The summed E-state index contributed by atoms with van der Waals surface area (Å²) in [6.07, 6.45) is 3.69. The fourth-order valence-corrected chi connectivity index (χ4v) is 5.39. The van der Waals surface area contributed by atoms with Crippen molar-refractivity contribution in [3.8, 4) is 33.6 Å². The minimum absolute atomic E-state index is 0.882. The van der Waals surface area contributed by atoms with E-state index in [0.717, 1.165) is 11.4 Å². The number of benzene rings is 6. The molecule has 0 radical (unpaired) electrons. The molecule has 0 fully saturated rings. The topological polar surface area (TPSA) is 28.7 Å². The van der Waals surface area contributed by atoms with Crippen molar-refractivity contribution >= 4 is 32.3 Å². The van der Waals surface area contributed by atoms with E-state index in [-0.39, 0.29) is 0 Å². The van der Waals surface area contributed by atoms with Crippen LogP contribution in [0.4, 0.5) is 0 Å². The number of aromatic nitrogens is 2. The number of rotatable bonds is 3. The molecule has 0 saturated carbocycles. The fraction of sp³-hybridized carbons (Fsp3) is 0. The van der Waals surface area contributed by atoms with Crippen LogP contribution in [0.5, 0.6) is 0 Å². The number of nitrogens with one attached hydrogen (secondary N) is 1. The van der Waals surface area contributed by atoms with Gasteiger partial charge in [0.2, 0.25) is 0 Å². The first-order chi connectivity index (χ1) is 17.4. The van der Waals surface area contributed by atoms with Crippen molar-refractivity contribution in [2.75, 3.05) is 0 Å². The molecule has 0 aliphatic carbocycles. The van der Waals surface area contributed by atoms with Crippen LogP contribution in [0.1, 0.15) is 0 Å². The third-order valence-electron chi connectivity index (χ3n) is 6.92. The summed E-state index contributed by atoms with van der Waals surface area (Å²) in [5, 5.41) is 7.51. The maximum Gasteiger partial charge on any atom is 0.137 e. The van der Waals surface area contributed by atoms with Crippen molar-refractivity contribution in [2.45, 2.75) is 0 Å². The third kappa shape index (κ3) is 3.15. The van der Waals surface area contributed by atoms with Gasteiger partial charge < -0.3 is 4.98 Å². The average molecular weight is 447 g/mol. The van der Waals surface area contributed by atoms with Gasteiger partial charge in [0.05, 0.1) is 0 Å². The highest BCUT2D eigenvalue weighted by Gasteiger charge is 2.19. The molecule has 2 heteroatoms. The highest BCUT2D eigenvalue weighted by molar-refractivity contribution is 6.22. The van der Waals surface area contributed by atoms with Crippen LogP contribution in [0.3, 0.4) is 0 Å². The van der Waals surface area contributed by atoms with E-state index in [1.807, 2.05) is 12.4 Å². The molecule has 35 heavy (non-hydrogen) atoms. The molecule has 0 aliphatic heterocycles. The Morgan fingerprint density at radius 1 is 0.486 bits per heavy atom. The number of imidazole rings is 1. The van der Waals surface area contributed by atoms with Gasteiger partial charge in [-0.25, -0.2) is 4.98 Å². The van der Waals surface area contributed by atoms with Gasteiger partial charge in [-0.2, -0.15) is 0 Å². The monoisotopic (exact) mass is 446 g/mol. The smallest absolute Gasteiger partial charge is 0.137 e. The van der Waals surface area contributed by atoms with Crippen molar-refractivity contribution < 1.29 is 0 Å². The summed E-state index contributed by atoms with van der Waals surface area (Å²) in [6.45, 7) is 0. The number of aromatic amines is 1. The molecule has 0 unspecified atom stereocenters. The Balaban J connectivity index is 1.62. The van der Waals surface area contributed by atoms with Crippen molar-refractivity contribution in [3.63, 3.8) is 0 Å². The number of nitrogens with zero attached hydrogens (tertiary/aromatic N) is 1. The van der Waals surface area contributed by atoms with Crippen LogP contribution in [0.25, 0.3) is 66.0 Å². The van der Waals surface area contributed by atoms with Gasteiger partial charge in [0.1, 0.15) is 5.82 Å². The van der Waals surface area contributed by atoms with E-state index in [1.165, 1.54) is 54.6 Å². The zero-order chi connectivity index (χ0) is 23.2. The molecular weight excluding hydrogens is 424 g/mol. The first-order valence-electron chi connectivity index (χ1n) is 11.9. The molecular formula is C33H22N2. The van der Waals surface area contributed by atoms with Crippen LogP contribution in [-0.2, 0) is 0 Å². The first-order valence-corrected chi connectivity index (χ1v) is 11.9. The van der Waals surface area contributed by atoms with Gasteiger partial charge in [0.15, 0.2) is 0 Å². The van der Waals surface area contributed by atoms with Crippen molar-refractivity contribution in [3.05, 3.63) is 128 Å². The molecule has 0 spiro atoms. The predicted octanol–water partition coefficient (Wildman–Crippen LogP) is 8.87. The minimum Gasteiger partial charge on any atom is -0.345 e. The summed E-state index contributed by atoms with van der Waals surface area (Å²) >= 11 is 0. The molecule has 7 rings (SSSR count). The number of hydrogen-bond donors (Lipinski definition) is 1. The maximum atomic E-state index is 4.57. The highest BCUT2D eigenvalue weighted by Crippen LogP contribution is 2.45. The van der Waals surface area contributed by atoms with Crippen LogP contribution in [-0.4, -0.2) is 9.97 Å². The molecule has 6 aromatic carbocycles. The lowest BCUT2D eigenvalue weighted by Crippen LogP contribution is -1.93. The summed E-state index contributed by atoms with van der Waals surface area (Å²) in [7, 11) is 0. The van der Waals surface area contributed by atoms with Crippen molar-refractivity contribution in [2.24, 2.45) is 0 Å². The zero-order valence-electron chi connectivity index (χ0n) is 19.1. The van der Waals surface area contributed by atoms with Gasteiger partial charge in [-0.1, -0.05) is 109 Å². The third-order valence-corrected chi connectivity index (χ3v) is 6.92. The molecule has 1 N–H and O–H groups in total. The SMILES string of the molecule is c1ccc(-c2c3ccccc3c(-c3ccc4ccccc4c3)c3ccccc23)c(-c2ncc[nH]2)c1. The van der Waals surface area contributed by atoms with Gasteiger partial charge in [-0.3, -0.25) is 0 Å². The van der Waals surface area contributed by atoms with E-state index in [0.29, 0.717) is 0 Å². The Kier molecular flexibility index (Phi) is 4.49. The largest absolute Gasteiger partial charge is 0.345 e. The number of fused-ring (bicyclic) bond motifs is 3. The lowest BCUT2D eigenvalue weighted by atomic mass is 9.84. The summed E-state index contributed by atoms with van der Waals surface area (Å²) in [5.74, 6) is 0.882. The molecule has 7 aromatic rings. The summed E-state index contributed by atoms with van der Waals surface area (Å²) in [5.41, 5.74) is 6.04. The van der Waals surface area contributed by atoms with Crippen LogP contribution in [0, 0.1) is 0 Å². The quantitative estimate of drug-likeness (QED) is 0.270. The van der Waals surface area contributed by atoms with E-state index < -0.39 is 0 Å². The second-order valence-corrected chi connectivity index (χ2v) is 8.89. The number of hydrogen-bond acceptors (Lipinski definition) is 1. The molecule has 164 valence electrons. The van der Waals surface area contributed by atoms with E-state index in [2.05, 4.69) is 125 Å². The van der Waals surface area contributed by atoms with Gasteiger partial charge in [0, 0.05) is 18.0 Å². The standard InChI is InChI=1S/C33H22N2/c1-2-10-23-21-24(18-17-22(23)9-1)31-25-11-3-5-13-27(25)32(28-14-6-4-12-26(28)31)29-15-7-8-16-30(29)33-34-19-20-35-33/h1-21H,(H,34,35). The number of H-pyrrole nitrogens is 1. The Morgan fingerprint density at radius 3 is 1.71 bits per heavy atom. The molecule has 0 saturated heterocycles. The van der Waals surface area contributed by atoms with Gasteiger partial charge in [-0.05, 0) is 60.6 Å². The van der Waals surface area contributed by atoms with Gasteiger partial charge in [0.25, 0.3) is 0 Å². The van der Waals surface area contributed by atoms with Crippen molar-refractivity contribution in [1.82, 2.24) is 9.97 Å². The van der Waals surface area contributed by atoms with Crippen LogP contribution in [0.15, 0.2) is 128 Å². The first kappa shape index (κ1) is 19.7. The maximum absolute atomic E-state index is 4.57. The fourth-order valence-electron chi connectivity index (χ4n) is 5.39. The van der Waals surface area contributed by atoms with E-state index in [4.69, 9.17) is 0 Å². The van der Waals surface area contributed by atoms with E-state index >= 15 is 0 Å². The Labute approximate surface area is 203 Å². The lowest BCUT2D eigenvalue weighted by Gasteiger charge is -2.19. The summed E-state index contributed by atoms with van der Waals surface area (Å²) < 4.78 is 0. The minimum atomic E-state index is 0.882. The van der Waals surface area contributed by atoms with E-state index in [9.17, 15) is 0 Å². The highest BCUT2D eigenvalue weighted by atomic mass is 14.9. The van der Waals surface area contributed by atoms with Gasteiger partial charge >= 0.3 is 0 Å².